The minimum Gasteiger partial charge on any atom is -0.337 e. The SMILES string of the molecule is CC(C)c1snnc1C(=O)N1CCC[C@]2(CCCN2Cc2cccc(F)c2)CC1. The average Bonchev–Trinajstić information content (AvgIpc) is 3.26. The third kappa shape index (κ3) is 4.21. The molecule has 0 N–H and O–H groups in total. The Labute approximate surface area is 176 Å². The molecule has 3 heterocycles. The summed E-state index contributed by atoms with van der Waals surface area (Å²) in [6, 6.07) is 6.93. The third-order valence-electron chi connectivity index (χ3n) is 6.45. The molecule has 2 aliphatic heterocycles. The van der Waals surface area contributed by atoms with Gasteiger partial charge in [0.15, 0.2) is 5.69 Å². The van der Waals surface area contributed by atoms with Crippen LogP contribution >= 0.6 is 11.5 Å². The van der Waals surface area contributed by atoms with E-state index >= 15 is 0 Å². The number of benzene rings is 1. The molecule has 4 rings (SSSR count). The maximum Gasteiger partial charge on any atom is 0.275 e. The van der Waals surface area contributed by atoms with Gasteiger partial charge in [-0.15, -0.1) is 5.10 Å². The van der Waals surface area contributed by atoms with Gasteiger partial charge in [0.25, 0.3) is 5.91 Å². The standard InChI is InChI=1S/C22H29FN4OS/c1-16(2)20-19(24-25-29-20)21(28)26-11-4-8-22(10-13-26)9-5-12-27(22)15-17-6-3-7-18(23)14-17/h3,6-7,14,16H,4-5,8-13,15H2,1-2H3/t22-/m0/s1. The lowest BCUT2D eigenvalue weighted by molar-refractivity contribution is 0.0731. The number of carbonyl (C=O) groups is 1. The fourth-order valence-electron chi connectivity index (χ4n) is 4.92. The van der Waals surface area contributed by atoms with Gasteiger partial charge in [0, 0.05) is 25.2 Å². The molecule has 1 spiro atoms. The summed E-state index contributed by atoms with van der Waals surface area (Å²) in [6.07, 6.45) is 5.34. The van der Waals surface area contributed by atoms with Crippen molar-refractivity contribution in [3.8, 4) is 0 Å². The van der Waals surface area contributed by atoms with Crippen molar-refractivity contribution < 1.29 is 9.18 Å². The Morgan fingerprint density at radius 1 is 1.21 bits per heavy atom. The van der Waals surface area contributed by atoms with Crippen LogP contribution in [0.5, 0.6) is 0 Å². The molecule has 1 aromatic heterocycles. The Balaban J connectivity index is 1.47. The lowest BCUT2D eigenvalue weighted by Gasteiger charge is -2.38. The smallest absolute Gasteiger partial charge is 0.275 e. The number of rotatable bonds is 4. The first-order chi connectivity index (χ1) is 14.0. The normalized spacial score (nSPS) is 23.1. The minimum absolute atomic E-state index is 0.0224. The van der Waals surface area contributed by atoms with Gasteiger partial charge in [0.05, 0.1) is 4.88 Å². The third-order valence-corrected chi connectivity index (χ3v) is 7.47. The van der Waals surface area contributed by atoms with Gasteiger partial charge in [-0.3, -0.25) is 9.69 Å². The summed E-state index contributed by atoms with van der Waals surface area (Å²) < 4.78 is 17.7. The van der Waals surface area contributed by atoms with Crippen LogP contribution < -0.4 is 0 Å². The Kier molecular flexibility index (Phi) is 5.97. The van der Waals surface area contributed by atoms with E-state index in [1.165, 1.54) is 17.6 Å². The van der Waals surface area contributed by atoms with Crippen LogP contribution in [0.1, 0.15) is 72.8 Å². The van der Waals surface area contributed by atoms with Crippen molar-refractivity contribution in [1.82, 2.24) is 19.4 Å². The van der Waals surface area contributed by atoms with Gasteiger partial charge in [-0.05, 0) is 73.8 Å². The van der Waals surface area contributed by atoms with E-state index in [0.717, 1.165) is 68.7 Å². The van der Waals surface area contributed by atoms with Gasteiger partial charge in [-0.2, -0.15) is 0 Å². The second-order valence-electron chi connectivity index (χ2n) is 8.67. The Morgan fingerprint density at radius 2 is 2.00 bits per heavy atom. The van der Waals surface area contributed by atoms with Crippen LogP contribution in [0.4, 0.5) is 4.39 Å². The Bertz CT molecular complexity index is 870. The maximum absolute atomic E-state index is 13.6. The number of halogens is 1. The van der Waals surface area contributed by atoms with Crippen LogP contribution in [0.3, 0.4) is 0 Å². The van der Waals surface area contributed by atoms with Gasteiger partial charge in [-0.1, -0.05) is 30.5 Å². The predicted octanol–water partition coefficient (Wildman–Crippen LogP) is 4.46. The number of aromatic nitrogens is 2. The highest BCUT2D eigenvalue weighted by Gasteiger charge is 2.42. The molecule has 5 nitrogen and oxygen atoms in total. The molecule has 0 unspecified atom stereocenters. The van der Waals surface area contributed by atoms with Crippen LogP contribution in [0.2, 0.25) is 0 Å². The van der Waals surface area contributed by atoms with Gasteiger partial charge in [0.2, 0.25) is 0 Å². The molecular weight excluding hydrogens is 387 g/mol. The molecule has 29 heavy (non-hydrogen) atoms. The molecule has 1 atom stereocenters. The molecule has 2 fully saturated rings. The summed E-state index contributed by atoms with van der Waals surface area (Å²) in [4.78, 5) is 18.6. The molecule has 0 saturated carbocycles. The first-order valence-electron chi connectivity index (χ1n) is 10.6. The van der Waals surface area contributed by atoms with Crippen molar-refractivity contribution in [1.29, 1.82) is 0 Å². The molecule has 0 aliphatic carbocycles. The monoisotopic (exact) mass is 416 g/mol. The van der Waals surface area contributed by atoms with Gasteiger partial charge in [-0.25, -0.2) is 4.39 Å². The minimum atomic E-state index is -0.175. The summed E-state index contributed by atoms with van der Waals surface area (Å²) >= 11 is 1.33. The van der Waals surface area contributed by atoms with Crippen molar-refractivity contribution in [2.75, 3.05) is 19.6 Å². The van der Waals surface area contributed by atoms with Crippen LogP contribution in [0.15, 0.2) is 24.3 Å². The molecule has 1 amide bonds. The fraction of sp³-hybridized carbons (Fsp3) is 0.591. The largest absolute Gasteiger partial charge is 0.337 e. The highest BCUT2D eigenvalue weighted by molar-refractivity contribution is 7.05. The number of hydrogen-bond acceptors (Lipinski definition) is 5. The molecule has 156 valence electrons. The van der Waals surface area contributed by atoms with Crippen LogP contribution in [-0.4, -0.2) is 50.5 Å². The van der Waals surface area contributed by atoms with E-state index in [1.807, 2.05) is 11.0 Å². The summed E-state index contributed by atoms with van der Waals surface area (Å²) in [5.74, 6) is 0.101. The summed E-state index contributed by atoms with van der Waals surface area (Å²) in [5.41, 5.74) is 1.67. The first kappa shape index (κ1) is 20.4. The van der Waals surface area contributed by atoms with E-state index in [9.17, 15) is 9.18 Å². The van der Waals surface area contributed by atoms with Gasteiger partial charge >= 0.3 is 0 Å². The van der Waals surface area contributed by atoms with E-state index < -0.39 is 0 Å². The quantitative estimate of drug-likeness (QED) is 0.738. The Hall–Kier alpha value is -1.86. The van der Waals surface area contributed by atoms with Crippen LogP contribution in [-0.2, 0) is 6.54 Å². The number of likely N-dealkylation sites (tertiary alicyclic amines) is 2. The Morgan fingerprint density at radius 3 is 2.76 bits per heavy atom. The summed E-state index contributed by atoms with van der Waals surface area (Å²) in [7, 11) is 0. The van der Waals surface area contributed by atoms with Crippen LogP contribution in [0.25, 0.3) is 0 Å². The molecule has 0 bridgehead atoms. The summed E-state index contributed by atoms with van der Waals surface area (Å²) in [5, 5.41) is 4.14. The predicted molar refractivity (Wildman–Crippen MR) is 113 cm³/mol. The van der Waals surface area contributed by atoms with Gasteiger partial charge in [0.1, 0.15) is 5.82 Å². The lowest BCUT2D eigenvalue weighted by atomic mass is 9.87. The van der Waals surface area contributed by atoms with E-state index in [1.54, 1.807) is 12.1 Å². The highest BCUT2D eigenvalue weighted by Crippen LogP contribution is 2.39. The average molecular weight is 417 g/mol. The van der Waals surface area contributed by atoms with Crippen molar-refractivity contribution in [3.05, 3.63) is 46.2 Å². The van der Waals surface area contributed by atoms with E-state index in [2.05, 4.69) is 28.3 Å². The van der Waals surface area contributed by atoms with Crippen molar-refractivity contribution in [2.24, 2.45) is 0 Å². The molecule has 2 aliphatic rings. The maximum atomic E-state index is 13.6. The number of nitrogens with zero attached hydrogens (tertiary/aromatic N) is 4. The van der Waals surface area contributed by atoms with E-state index in [-0.39, 0.29) is 23.2 Å². The molecule has 1 aromatic carbocycles. The first-order valence-corrected chi connectivity index (χ1v) is 11.4. The van der Waals surface area contributed by atoms with E-state index in [0.29, 0.717) is 5.69 Å². The fourth-order valence-corrected chi connectivity index (χ4v) is 5.56. The van der Waals surface area contributed by atoms with Crippen molar-refractivity contribution in [2.45, 2.75) is 64.0 Å². The lowest BCUT2D eigenvalue weighted by Crippen LogP contribution is -2.44. The zero-order valence-electron chi connectivity index (χ0n) is 17.2. The van der Waals surface area contributed by atoms with Crippen molar-refractivity contribution >= 4 is 17.4 Å². The number of carbonyl (C=O) groups excluding carboxylic acids is 1. The molecule has 0 radical (unpaired) electrons. The molecule has 2 aromatic rings. The molecular formula is C22H29FN4OS. The second kappa shape index (κ2) is 8.48. The zero-order chi connectivity index (χ0) is 20.4. The second-order valence-corrected chi connectivity index (χ2v) is 9.45. The topological polar surface area (TPSA) is 49.3 Å². The van der Waals surface area contributed by atoms with Crippen molar-refractivity contribution in [3.63, 3.8) is 0 Å². The molecule has 7 heteroatoms. The zero-order valence-corrected chi connectivity index (χ0v) is 18.1. The summed E-state index contributed by atoms with van der Waals surface area (Å²) in [6.45, 7) is 7.48. The van der Waals surface area contributed by atoms with Crippen LogP contribution in [0, 0.1) is 5.82 Å². The van der Waals surface area contributed by atoms with Gasteiger partial charge < -0.3 is 4.90 Å². The highest BCUT2D eigenvalue weighted by atomic mass is 32.1. The van der Waals surface area contributed by atoms with E-state index in [4.69, 9.17) is 0 Å². The number of amides is 1. The molecule has 2 saturated heterocycles. The number of hydrogen-bond donors (Lipinski definition) is 0.